The van der Waals surface area contributed by atoms with Crippen molar-refractivity contribution in [3.05, 3.63) is 24.3 Å². The van der Waals surface area contributed by atoms with E-state index >= 15 is 0 Å². The first-order valence-corrected chi connectivity index (χ1v) is 8.61. The van der Waals surface area contributed by atoms with Gasteiger partial charge in [-0.05, 0) is 44.5 Å². The van der Waals surface area contributed by atoms with Gasteiger partial charge in [0.2, 0.25) is 10.0 Å². The predicted octanol–water partition coefficient (Wildman–Crippen LogP) is 0.783. The van der Waals surface area contributed by atoms with Crippen LogP contribution in [-0.4, -0.2) is 41.1 Å². The van der Waals surface area contributed by atoms with Crippen LogP contribution in [0.15, 0.2) is 29.2 Å². The number of hydrogen-bond acceptors (Lipinski definition) is 4. The molecule has 2 atom stereocenters. The Morgan fingerprint density at radius 1 is 1.30 bits per heavy atom. The van der Waals surface area contributed by atoms with Crippen LogP contribution in [0.2, 0.25) is 0 Å². The van der Waals surface area contributed by atoms with Crippen molar-refractivity contribution in [3.8, 4) is 0 Å². The van der Waals surface area contributed by atoms with Crippen LogP contribution in [0, 0.1) is 5.92 Å². The summed E-state index contributed by atoms with van der Waals surface area (Å²) in [5, 5.41) is 3.55. The van der Waals surface area contributed by atoms with Gasteiger partial charge in [0.15, 0.2) is 0 Å². The van der Waals surface area contributed by atoms with Crippen LogP contribution in [-0.2, 0) is 10.0 Å². The molecule has 2 fully saturated rings. The normalized spacial score (nSPS) is 26.6. The Morgan fingerprint density at radius 3 is 2.85 bits per heavy atom. The van der Waals surface area contributed by atoms with Crippen molar-refractivity contribution in [2.24, 2.45) is 5.92 Å². The van der Waals surface area contributed by atoms with E-state index in [1.807, 2.05) is 12.1 Å². The molecule has 3 rings (SSSR count). The number of benzene rings is 1. The standard InChI is InChI=1S/C14H21N3O2S/c1-15-20(18,19)14-7-3-2-6-13(14)17-9-11-5-4-8-16-12(11)10-17/h2-3,6-7,11-12,15-16H,4-5,8-10H2,1H3/t11-,12+/m0/s1. The number of fused-ring (bicyclic) bond motifs is 1. The van der Waals surface area contributed by atoms with E-state index in [1.165, 1.54) is 19.9 Å². The lowest BCUT2D eigenvalue weighted by atomic mass is 9.94. The maximum absolute atomic E-state index is 12.1. The first kappa shape index (κ1) is 13.9. The highest BCUT2D eigenvalue weighted by atomic mass is 32.2. The fourth-order valence-corrected chi connectivity index (χ4v) is 4.25. The Hall–Kier alpha value is -1.11. The molecular weight excluding hydrogens is 274 g/mol. The van der Waals surface area contributed by atoms with Crippen molar-refractivity contribution in [3.63, 3.8) is 0 Å². The van der Waals surface area contributed by atoms with Crippen LogP contribution in [0.25, 0.3) is 0 Å². The van der Waals surface area contributed by atoms with Gasteiger partial charge in [-0.15, -0.1) is 0 Å². The number of nitrogens with zero attached hydrogens (tertiary/aromatic N) is 1. The van der Waals surface area contributed by atoms with Gasteiger partial charge in [0, 0.05) is 19.1 Å². The molecule has 0 aromatic heterocycles. The molecule has 5 nitrogen and oxygen atoms in total. The SMILES string of the molecule is CNS(=O)(=O)c1ccccc1N1C[C@@H]2CCCN[C@@H]2C1. The van der Waals surface area contributed by atoms with Crippen LogP contribution in [0.3, 0.4) is 0 Å². The summed E-state index contributed by atoms with van der Waals surface area (Å²) >= 11 is 0. The lowest BCUT2D eigenvalue weighted by molar-refractivity contribution is 0.340. The van der Waals surface area contributed by atoms with Crippen LogP contribution >= 0.6 is 0 Å². The molecule has 1 aromatic carbocycles. The molecule has 2 saturated heterocycles. The minimum Gasteiger partial charge on any atom is -0.369 e. The summed E-state index contributed by atoms with van der Waals surface area (Å²) in [5.74, 6) is 0.633. The summed E-state index contributed by atoms with van der Waals surface area (Å²) in [4.78, 5) is 2.58. The van der Waals surface area contributed by atoms with E-state index in [9.17, 15) is 8.42 Å². The van der Waals surface area contributed by atoms with Crippen LogP contribution in [0.4, 0.5) is 5.69 Å². The maximum atomic E-state index is 12.1. The summed E-state index contributed by atoms with van der Waals surface area (Å²) in [6.07, 6.45) is 2.45. The highest BCUT2D eigenvalue weighted by Gasteiger charge is 2.35. The number of rotatable bonds is 3. The number of anilines is 1. The molecule has 1 aromatic rings. The van der Waals surface area contributed by atoms with E-state index < -0.39 is 10.0 Å². The van der Waals surface area contributed by atoms with Gasteiger partial charge in [0.1, 0.15) is 4.90 Å². The zero-order valence-corrected chi connectivity index (χ0v) is 12.5. The molecule has 0 bridgehead atoms. The number of piperidine rings is 1. The summed E-state index contributed by atoms with van der Waals surface area (Å²) < 4.78 is 26.7. The minimum absolute atomic E-state index is 0.376. The Labute approximate surface area is 120 Å². The molecule has 0 aliphatic carbocycles. The van der Waals surface area contributed by atoms with E-state index in [0.717, 1.165) is 25.3 Å². The first-order valence-electron chi connectivity index (χ1n) is 7.13. The molecule has 6 heteroatoms. The van der Waals surface area contributed by atoms with Gasteiger partial charge >= 0.3 is 0 Å². The van der Waals surface area contributed by atoms with E-state index in [0.29, 0.717) is 16.9 Å². The van der Waals surface area contributed by atoms with Gasteiger partial charge in [0.05, 0.1) is 5.69 Å². The second kappa shape index (κ2) is 5.35. The average molecular weight is 295 g/mol. The Balaban J connectivity index is 1.92. The van der Waals surface area contributed by atoms with E-state index in [2.05, 4.69) is 14.9 Å². The molecule has 0 spiro atoms. The molecule has 0 saturated carbocycles. The molecular formula is C14H21N3O2S. The Kier molecular flexibility index (Phi) is 3.70. The van der Waals surface area contributed by atoms with Crippen LogP contribution < -0.4 is 14.9 Å². The van der Waals surface area contributed by atoms with Gasteiger partial charge in [0.25, 0.3) is 0 Å². The van der Waals surface area contributed by atoms with Crippen molar-refractivity contribution < 1.29 is 8.42 Å². The molecule has 2 heterocycles. The van der Waals surface area contributed by atoms with E-state index in [-0.39, 0.29) is 0 Å². The third-order valence-corrected chi connectivity index (χ3v) is 5.83. The topological polar surface area (TPSA) is 61.4 Å². The number of hydrogen-bond donors (Lipinski definition) is 2. The maximum Gasteiger partial charge on any atom is 0.242 e. The molecule has 2 N–H and O–H groups in total. The minimum atomic E-state index is -3.41. The zero-order chi connectivity index (χ0) is 14.2. The lowest BCUT2D eigenvalue weighted by Crippen LogP contribution is -2.40. The smallest absolute Gasteiger partial charge is 0.242 e. The first-order chi connectivity index (χ1) is 9.62. The van der Waals surface area contributed by atoms with Crippen molar-refractivity contribution in [1.82, 2.24) is 10.0 Å². The summed E-state index contributed by atoms with van der Waals surface area (Å²) in [7, 11) is -1.96. The third-order valence-electron chi connectivity index (χ3n) is 4.36. The Bertz CT molecular complexity index is 574. The molecule has 0 radical (unpaired) electrons. The van der Waals surface area contributed by atoms with Gasteiger partial charge in [-0.1, -0.05) is 12.1 Å². The number of para-hydroxylation sites is 1. The summed E-state index contributed by atoms with van der Waals surface area (Å²) in [6.45, 7) is 2.90. The molecule has 2 aliphatic heterocycles. The highest BCUT2D eigenvalue weighted by molar-refractivity contribution is 7.89. The third kappa shape index (κ3) is 2.43. The highest BCUT2D eigenvalue weighted by Crippen LogP contribution is 2.32. The second-order valence-electron chi connectivity index (χ2n) is 5.54. The molecule has 0 unspecified atom stereocenters. The van der Waals surface area contributed by atoms with Crippen molar-refractivity contribution >= 4 is 15.7 Å². The fraction of sp³-hybridized carbons (Fsp3) is 0.571. The second-order valence-corrected chi connectivity index (χ2v) is 7.40. The number of nitrogens with one attached hydrogen (secondary N) is 2. The van der Waals surface area contributed by atoms with Crippen LogP contribution in [0.5, 0.6) is 0 Å². The number of sulfonamides is 1. The molecule has 2 aliphatic rings. The average Bonchev–Trinajstić information content (AvgIpc) is 2.91. The van der Waals surface area contributed by atoms with E-state index in [4.69, 9.17) is 0 Å². The van der Waals surface area contributed by atoms with Gasteiger partial charge in [-0.2, -0.15) is 0 Å². The quantitative estimate of drug-likeness (QED) is 0.865. The fourth-order valence-electron chi connectivity index (χ4n) is 3.30. The van der Waals surface area contributed by atoms with Crippen molar-refractivity contribution in [1.29, 1.82) is 0 Å². The summed E-state index contributed by atoms with van der Waals surface area (Å²) in [6, 6.07) is 7.75. The molecule has 20 heavy (non-hydrogen) atoms. The van der Waals surface area contributed by atoms with E-state index in [1.54, 1.807) is 12.1 Å². The van der Waals surface area contributed by atoms with Gasteiger partial charge in [-0.25, -0.2) is 13.1 Å². The monoisotopic (exact) mass is 295 g/mol. The van der Waals surface area contributed by atoms with Gasteiger partial charge < -0.3 is 10.2 Å². The molecule has 0 amide bonds. The zero-order valence-electron chi connectivity index (χ0n) is 11.7. The van der Waals surface area contributed by atoms with Crippen LogP contribution in [0.1, 0.15) is 12.8 Å². The predicted molar refractivity (Wildman–Crippen MR) is 79.4 cm³/mol. The van der Waals surface area contributed by atoms with Gasteiger partial charge in [-0.3, -0.25) is 0 Å². The van der Waals surface area contributed by atoms with Crippen molar-refractivity contribution in [2.75, 3.05) is 31.6 Å². The van der Waals surface area contributed by atoms with Crippen molar-refractivity contribution in [2.45, 2.75) is 23.8 Å². The largest absolute Gasteiger partial charge is 0.369 e. The Morgan fingerprint density at radius 2 is 2.10 bits per heavy atom. The summed E-state index contributed by atoms with van der Waals surface area (Å²) in [5.41, 5.74) is 0.818. The lowest BCUT2D eigenvalue weighted by Gasteiger charge is -2.24. The molecule has 110 valence electrons.